The zero-order valence-corrected chi connectivity index (χ0v) is 13.2. The second kappa shape index (κ2) is 7.24. The van der Waals surface area contributed by atoms with Crippen molar-refractivity contribution in [3.63, 3.8) is 0 Å². The molecule has 2 nitrogen and oxygen atoms in total. The molecule has 0 unspecified atom stereocenters. The van der Waals surface area contributed by atoms with E-state index >= 15 is 0 Å². The molecule has 0 aromatic heterocycles. The van der Waals surface area contributed by atoms with Crippen LogP contribution < -0.4 is 5.32 Å². The molecule has 20 heavy (non-hydrogen) atoms. The first-order chi connectivity index (χ1) is 9.68. The van der Waals surface area contributed by atoms with Gasteiger partial charge in [-0.05, 0) is 29.9 Å². The van der Waals surface area contributed by atoms with Gasteiger partial charge in [0, 0.05) is 25.6 Å². The van der Waals surface area contributed by atoms with Gasteiger partial charge < -0.3 is 10.1 Å². The molecule has 0 bridgehead atoms. The van der Waals surface area contributed by atoms with Crippen LogP contribution in [-0.2, 0) is 10.2 Å². The molecule has 1 aromatic rings. The van der Waals surface area contributed by atoms with Gasteiger partial charge in [-0.2, -0.15) is 0 Å². The predicted octanol–water partition coefficient (Wildman–Crippen LogP) is 3.86. The third-order valence-corrected chi connectivity index (χ3v) is 4.70. The quantitative estimate of drug-likeness (QED) is 0.763. The fraction of sp³-hybridized carbons (Fsp3) is 0.667. The number of benzene rings is 1. The molecule has 0 aliphatic heterocycles. The highest BCUT2D eigenvalue weighted by molar-refractivity contribution is 5.32. The molecule has 1 fully saturated rings. The molecule has 0 saturated heterocycles. The van der Waals surface area contributed by atoms with Crippen LogP contribution in [0.5, 0.6) is 0 Å². The first-order valence-corrected chi connectivity index (χ1v) is 7.98. The van der Waals surface area contributed by atoms with Crippen molar-refractivity contribution in [2.24, 2.45) is 0 Å². The summed E-state index contributed by atoms with van der Waals surface area (Å²) in [6, 6.07) is 9.35. The van der Waals surface area contributed by atoms with Crippen molar-refractivity contribution in [2.75, 3.05) is 26.8 Å². The summed E-state index contributed by atoms with van der Waals surface area (Å²) in [5, 5.41) is 3.58. The van der Waals surface area contributed by atoms with Crippen molar-refractivity contribution in [1.29, 1.82) is 0 Å². The molecule has 0 atom stereocenters. The van der Waals surface area contributed by atoms with Crippen LogP contribution in [0, 0.1) is 0 Å². The smallest absolute Gasteiger partial charge is 0.0587 e. The van der Waals surface area contributed by atoms with E-state index in [1.807, 2.05) is 0 Å². The summed E-state index contributed by atoms with van der Waals surface area (Å²) in [6.45, 7) is 7.33. The highest BCUT2D eigenvalue weighted by atomic mass is 16.5. The van der Waals surface area contributed by atoms with Crippen LogP contribution in [0.15, 0.2) is 24.3 Å². The van der Waals surface area contributed by atoms with Gasteiger partial charge in [-0.15, -0.1) is 0 Å². The van der Waals surface area contributed by atoms with E-state index < -0.39 is 0 Å². The number of ether oxygens (including phenoxy) is 1. The predicted molar refractivity (Wildman–Crippen MR) is 85.4 cm³/mol. The van der Waals surface area contributed by atoms with Gasteiger partial charge in [0.2, 0.25) is 0 Å². The van der Waals surface area contributed by atoms with Crippen LogP contribution in [0.25, 0.3) is 0 Å². The van der Waals surface area contributed by atoms with Crippen molar-refractivity contribution >= 4 is 0 Å². The lowest BCUT2D eigenvalue weighted by molar-refractivity contribution is 0.196. The van der Waals surface area contributed by atoms with Gasteiger partial charge in [-0.25, -0.2) is 0 Å². The van der Waals surface area contributed by atoms with E-state index in [-0.39, 0.29) is 0 Å². The van der Waals surface area contributed by atoms with Crippen molar-refractivity contribution in [3.05, 3.63) is 35.4 Å². The monoisotopic (exact) mass is 275 g/mol. The zero-order valence-electron chi connectivity index (χ0n) is 13.2. The fourth-order valence-corrected chi connectivity index (χ4v) is 3.34. The van der Waals surface area contributed by atoms with Crippen LogP contribution in [0.2, 0.25) is 0 Å². The van der Waals surface area contributed by atoms with Gasteiger partial charge in [0.15, 0.2) is 0 Å². The molecule has 0 amide bonds. The Labute approximate surface area is 123 Å². The summed E-state index contributed by atoms with van der Waals surface area (Å²) in [4.78, 5) is 0. The normalized spacial score (nSPS) is 17.8. The highest BCUT2D eigenvalue weighted by Crippen LogP contribution is 2.40. The van der Waals surface area contributed by atoms with Gasteiger partial charge >= 0.3 is 0 Å². The Hall–Kier alpha value is -0.860. The van der Waals surface area contributed by atoms with E-state index in [4.69, 9.17) is 4.74 Å². The minimum atomic E-state index is 0.350. The summed E-state index contributed by atoms with van der Waals surface area (Å²) >= 11 is 0. The van der Waals surface area contributed by atoms with Crippen LogP contribution in [0.4, 0.5) is 0 Å². The molecule has 0 radical (unpaired) electrons. The van der Waals surface area contributed by atoms with Crippen LogP contribution >= 0.6 is 0 Å². The van der Waals surface area contributed by atoms with Crippen LogP contribution in [0.1, 0.15) is 56.6 Å². The lowest BCUT2D eigenvalue weighted by Crippen LogP contribution is -2.37. The summed E-state index contributed by atoms with van der Waals surface area (Å²) < 4.78 is 5.12. The van der Waals surface area contributed by atoms with Gasteiger partial charge in [-0.1, -0.05) is 51.0 Å². The largest absolute Gasteiger partial charge is 0.383 e. The Morgan fingerprint density at radius 2 is 1.80 bits per heavy atom. The number of methoxy groups -OCH3 is 1. The highest BCUT2D eigenvalue weighted by Gasteiger charge is 2.35. The van der Waals surface area contributed by atoms with Crippen molar-refractivity contribution in [2.45, 2.75) is 50.9 Å². The fourth-order valence-electron chi connectivity index (χ4n) is 3.34. The maximum atomic E-state index is 5.12. The SMILES string of the molecule is COCCNCC1(c2ccc(C(C)C)cc2)CCCC1. The van der Waals surface area contributed by atoms with E-state index in [2.05, 4.69) is 43.4 Å². The standard InChI is InChI=1S/C18H29NO/c1-15(2)16-6-8-17(9-7-16)18(10-4-5-11-18)14-19-12-13-20-3/h6-9,15,19H,4-5,10-14H2,1-3H3. The van der Waals surface area contributed by atoms with E-state index in [0.29, 0.717) is 11.3 Å². The molecule has 112 valence electrons. The van der Waals surface area contributed by atoms with Gasteiger partial charge in [-0.3, -0.25) is 0 Å². The Bertz CT molecular complexity index is 390. The molecule has 1 aliphatic rings. The number of rotatable bonds is 7. The molecule has 1 saturated carbocycles. The lowest BCUT2D eigenvalue weighted by atomic mass is 9.78. The number of hydrogen-bond donors (Lipinski definition) is 1. The van der Waals surface area contributed by atoms with Gasteiger partial charge in [0.1, 0.15) is 0 Å². The Morgan fingerprint density at radius 3 is 2.35 bits per heavy atom. The van der Waals surface area contributed by atoms with Crippen molar-refractivity contribution < 1.29 is 4.74 Å². The van der Waals surface area contributed by atoms with Crippen LogP contribution in [0.3, 0.4) is 0 Å². The molecule has 1 N–H and O–H groups in total. The number of nitrogens with one attached hydrogen (secondary N) is 1. The minimum Gasteiger partial charge on any atom is -0.383 e. The molecule has 1 aromatic carbocycles. The molecule has 0 heterocycles. The first kappa shape index (κ1) is 15.5. The second-order valence-electron chi connectivity index (χ2n) is 6.43. The third-order valence-electron chi connectivity index (χ3n) is 4.70. The van der Waals surface area contributed by atoms with E-state index in [0.717, 1.165) is 19.7 Å². The molecule has 1 aliphatic carbocycles. The lowest BCUT2D eigenvalue weighted by Gasteiger charge is -2.30. The van der Waals surface area contributed by atoms with E-state index in [1.165, 1.54) is 36.8 Å². The topological polar surface area (TPSA) is 21.3 Å². The molecule has 2 heteroatoms. The minimum absolute atomic E-state index is 0.350. The average molecular weight is 275 g/mol. The third kappa shape index (κ3) is 3.62. The molecular weight excluding hydrogens is 246 g/mol. The Morgan fingerprint density at radius 1 is 1.15 bits per heavy atom. The summed E-state index contributed by atoms with van der Waals surface area (Å²) in [5.74, 6) is 0.614. The maximum absolute atomic E-state index is 5.12. The Balaban J connectivity index is 2.07. The Kier molecular flexibility index (Phi) is 5.62. The van der Waals surface area contributed by atoms with Crippen LogP contribution in [-0.4, -0.2) is 26.8 Å². The van der Waals surface area contributed by atoms with Crippen molar-refractivity contribution in [3.8, 4) is 0 Å². The molecule has 2 rings (SSSR count). The van der Waals surface area contributed by atoms with Gasteiger partial charge in [0.25, 0.3) is 0 Å². The summed E-state index contributed by atoms with van der Waals surface area (Å²) in [5.41, 5.74) is 3.31. The summed E-state index contributed by atoms with van der Waals surface area (Å²) in [6.07, 6.45) is 5.35. The average Bonchev–Trinajstić information content (AvgIpc) is 2.94. The van der Waals surface area contributed by atoms with Crippen molar-refractivity contribution in [1.82, 2.24) is 5.32 Å². The molecule has 0 spiro atoms. The van der Waals surface area contributed by atoms with Gasteiger partial charge in [0.05, 0.1) is 6.61 Å². The van der Waals surface area contributed by atoms with E-state index in [9.17, 15) is 0 Å². The van der Waals surface area contributed by atoms with E-state index in [1.54, 1.807) is 7.11 Å². The molecular formula is C18H29NO. The zero-order chi connectivity index (χ0) is 14.4. The first-order valence-electron chi connectivity index (χ1n) is 7.98. The maximum Gasteiger partial charge on any atom is 0.0587 e. The second-order valence-corrected chi connectivity index (χ2v) is 6.43. The summed E-state index contributed by atoms with van der Waals surface area (Å²) in [7, 11) is 1.76. The number of hydrogen-bond acceptors (Lipinski definition) is 2.